The smallest absolute Gasteiger partial charge is 0.210 e. The molecule has 0 unspecified atom stereocenters. The Morgan fingerprint density at radius 1 is 1.24 bits per heavy atom. The Morgan fingerprint density at radius 2 is 1.97 bits per heavy atom. The van der Waals surface area contributed by atoms with Crippen LogP contribution in [0.15, 0.2) is 56.0 Å². The van der Waals surface area contributed by atoms with Crippen molar-refractivity contribution >= 4 is 39.3 Å². The highest BCUT2D eigenvalue weighted by Gasteiger charge is 2.37. The first-order valence-electron chi connectivity index (χ1n) is 9.37. The second-order valence-electron chi connectivity index (χ2n) is 6.93. The number of halogens is 1. The Hall–Kier alpha value is -3.07. The van der Waals surface area contributed by atoms with Crippen LogP contribution in [0.2, 0.25) is 0 Å². The van der Waals surface area contributed by atoms with E-state index in [1.54, 1.807) is 11.1 Å². The van der Waals surface area contributed by atoms with E-state index in [0.29, 0.717) is 11.5 Å². The highest BCUT2D eigenvalue weighted by atomic mass is 79.9. The number of hydrazone groups is 1. The monoisotopic (exact) mass is 450 g/mol. The van der Waals surface area contributed by atoms with E-state index in [2.05, 4.69) is 38.1 Å². The van der Waals surface area contributed by atoms with Crippen molar-refractivity contribution in [2.75, 3.05) is 23.0 Å². The molecular formula is C21H19BrN6O. The molecule has 0 aliphatic carbocycles. The summed E-state index contributed by atoms with van der Waals surface area (Å²) in [6.07, 6.45) is 3.22. The highest BCUT2D eigenvalue weighted by Crippen LogP contribution is 2.34. The number of rotatable bonds is 4. The van der Waals surface area contributed by atoms with Gasteiger partial charge in [0, 0.05) is 25.2 Å². The summed E-state index contributed by atoms with van der Waals surface area (Å²) in [5, 5.41) is 25.5. The molecule has 0 spiro atoms. The lowest BCUT2D eigenvalue weighted by Crippen LogP contribution is -2.40. The fourth-order valence-electron chi connectivity index (χ4n) is 3.61. The number of para-hydroxylation sites is 1. The fraction of sp³-hybridized carbons (Fsp3) is 0.286. The zero-order valence-electron chi connectivity index (χ0n) is 15.6. The van der Waals surface area contributed by atoms with Crippen molar-refractivity contribution in [3.63, 3.8) is 0 Å². The second-order valence-corrected chi connectivity index (χ2v) is 7.78. The number of anilines is 2. The Kier molecular flexibility index (Phi) is 5.39. The van der Waals surface area contributed by atoms with Gasteiger partial charge in [-0.2, -0.15) is 15.6 Å². The molecule has 4 rings (SSSR count). The minimum Gasteiger partial charge on any atom is -0.440 e. The first kappa shape index (κ1) is 19.3. The van der Waals surface area contributed by atoms with E-state index in [9.17, 15) is 10.5 Å². The fourth-order valence-corrected chi connectivity index (χ4v) is 4.16. The summed E-state index contributed by atoms with van der Waals surface area (Å²) in [5.74, 6) is 0.567. The molecular weight excluding hydrogens is 432 g/mol. The van der Waals surface area contributed by atoms with Gasteiger partial charge in [0.25, 0.3) is 0 Å². The lowest BCUT2D eigenvalue weighted by atomic mass is 9.96. The lowest BCUT2D eigenvalue weighted by Gasteiger charge is -2.21. The molecule has 0 amide bonds. The number of allylic oxidation sites excluding steroid dienone is 1. The van der Waals surface area contributed by atoms with E-state index < -0.39 is 12.1 Å². The van der Waals surface area contributed by atoms with Gasteiger partial charge < -0.3 is 15.1 Å². The highest BCUT2D eigenvalue weighted by molar-refractivity contribution is 9.10. The Bertz CT molecular complexity index is 1040. The van der Waals surface area contributed by atoms with Crippen LogP contribution in [0, 0.1) is 28.6 Å². The maximum atomic E-state index is 9.76. The minimum absolute atomic E-state index is 0.264. The minimum atomic E-state index is -0.724. The summed E-state index contributed by atoms with van der Waals surface area (Å²) >= 11 is 3.54. The van der Waals surface area contributed by atoms with Gasteiger partial charge in [-0.15, -0.1) is 0 Å². The van der Waals surface area contributed by atoms with Crippen molar-refractivity contribution < 1.29 is 4.42 Å². The van der Waals surface area contributed by atoms with E-state index in [0.717, 1.165) is 42.0 Å². The van der Waals surface area contributed by atoms with Crippen LogP contribution in [0.5, 0.6) is 0 Å². The normalized spacial score (nSPS) is 21.8. The van der Waals surface area contributed by atoms with Gasteiger partial charge in [-0.3, -0.25) is 0 Å². The van der Waals surface area contributed by atoms with E-state index in [1.807, 2.05) is 36.4 Å². The zero-order chi connectivity index (χ0) is 20.4. The molecule has 7 nitrogen and oxygen atoms in total. The molecule has 8 heteroatoms. The SMILES string of the molecule is N#C/C(=C/c1cc(Br)c(N2CCCC2)o1)C1=NN(c2ccccc2)[C@H](N)[C@@H]1C#N. The largest absolute Gasteiger partial charge is 0.440 e. The molecule has 1 fully saturated rings. The predicted molar refractivity (Wildman–Crippen MR) is 115 cm³/mol. The van der Waals surface area contributed by atoms with E-state index >= 15 is 0 Å². The van der Waals surface area contributed by atoms with Crippen LogP contribution in [-0.2, 0) is 0 Å². The maximum absolute atomic E-state index is 9.76. The number of nitrogens with two attached hydrogens (primary N) is 1. The molecule has 3 heterocycles. The molecule has 2 N–H and O–H groups in total. The van der Waals surface area contributed by atoms with Gasteiger partial charge in [0.2, 0.25) is 5.88 Å². The molecule has 1 aromatic carbocycles. The van der Waals surface area contributed by atoms with Crippen molar-refractivity contribution in [1.82, 2.24) is 0 Å². The Balaban J connectivity index is 1.68. The second kappa shape index (κ2) is 8.12. The number of hydrogen-bond acceptors (Lipinski definition) is 7. The molecule has 2 aliphatic rings. The van der Waals surface area contributed by atoms with Crippen molar-refractivity contribution in [3.8, 4) is 12.1 Å². The van der Waals surface area contributed by atoms with Crippen LogP contribution >= 0.6 is 15.9 Å². The third-order valence-corrected chi connectivity index (χ3v) is 5.63. The number of nitrogens with zero attached hydrogens (tertiary/aromatic N) is 5. The number of nitriles is 2. The lowest BCUT2D eigenvalue weighted by molar-refractivity contribution is 0.546. The molecule has 0 radical (unpaired) electrons. The summed E-state index contributed by atoms with van der Waals surface area (Å²) in [7, 11) is 0. The molecule has 0 saturated carbocycles. The van der Waals surface area contributed by atoms with Crippen LogP contribution in [0.4, 0.5) is 11.6 Å². The number of furan rings is 1. The Morgan fingerprint density at radius 3 is 2.62 bits per heavy atom. The molecule has 1 aromatic heterocycles. The van der Waals surface area contributed by atoms with Crippen molar-refractivity contribution in [3.05, 3.63) is 52.2 Å². The molecule has 2 aliphatic heterocycles. The first-order valence-corrected chi connectivity index (χ1v) is 10.2. The van der Waals surface area contributed by atoms with Gasteiger partial charge in [0.1, 0.15) is 23.9 Å². The summed E-state index contributed by atoms with van der Waals surface area (Å²) in [4.78, 5) is 2.17. The van der Waals surface area contributed by atoms with E-state index in [4.69, 9.17) is 10.2 Å². The van der Waals surface area contributed by atoms with Crippen LogP contribution in [0.1, 0.15) is 18.6 Å². The predicted octanol–water partition coefficient (Wildman–Crippen LogP) is 3.85. The van der Waals surface area contributed by atoms with Crippen molar-refractivity contribution in [2.24, 2.45) is 16.8 Å². The molecule has 0 bridgehead atoms. The molecule has 1 saturated heterocycles. The number of benzene rings is 1. The van der Waals surface area contributed by atoms with Gasteiger partial charge in [-0.05, 0) is 40.9 Å². The topological polar surface area (TPSA) is 106 Å². The summed E-state index contributed by atoms with van der Waals surface area (Å²) in [6.45, 7) is 1.90. The zero-order valence-corrected chi connectivity index (χ0v) is 17.2. The molecule has 2 atom stereocenters. The average molecular weight is 451 g/mol. The standard InChI is InChI=1S/C21H19BrN6O/c22-18-11-16(29-21(18)27-8-4-5-9-27)10-14(12-23)19-17(13-24)20(25)28(26-19)15-6-2-1-3-7-15/h1-3,6-7,10-11,17,20H,4-5,8-9,25H2/b14-10-/t17-,20+/m1/s1. The first-order chi connectivity index (χ1) is 14.1. The maximum Gasteiger partial charge on any atom is 0.210 e. The summed E-state index contributed by atoms with van der Waals surface area (Å²) < 4.78 is 6.81. The summed E-state index contributed by atoms with van der Waals surface area (Å²) in [5.41, 5.74) is 7.65. The van der Waals surface area contributed by atoms with Gasteiger partial charge in [-0.25, -0.2) is 5.01 Å². The van der Waals surface area contributed by atoms with E-state index in [1.165, 1.54) is 0 Å². The van der Waals surface area contributed by atoms with Gasteiger partial charge in [0.05, 0.1) is 27.5 Å². The average Bonchev–Trinajstić information content (AvgIpc) is 3.46. The third kappa shape index (κ3) is 3.65. The van der Waals surface area contributed by atoms with Crippen LogP contribution in [0.3, 0.4) is 0 Å². The Labute approximate surface area is 177 Å². The van der Waals surface area contributed by atoms with Crippen LogP contribution < -0.4 is 15.6 Å². The van der Waals surface area contributed by atoms with Crippen LogP contribution in [0.25, 0.3) is 6.08 Å². The third-order valence-electron chi connectivity index (χ3n) is 5.06. The van der Waals surface area contributed by atoms with E-state index in [-0.39, 0.29) is 5.57 Å². The van der Waals surface area contributed by atoms with Gasteiger partial charge in [-0.1, -0.05) is 18.2 Å². The quantitative estimate of drug-likeness (QED) is 0.708. The van der Waals surface area contributed by atoms with Crippen molar-refractivity contribution in [1.29, 1.82) is 10.5 Å². The molecule has 146 valence electrons. The summed E-state index contributed by atoms with van der Waals surface area (Å²) in [6, 6.07) is 15.5. The van der Waals surface area contributed by atoms with Crippen LogP contribution in [-0.4, -0.2) is 25.0 Å². The van der Waals surface area contributed by atoms with Crippen molar-refractivity contribution in [2.45, 2.75) is 19.0 Å². The number of hydrogen-bond donors (Lipinski definition) is 1. The molecule has 2 aromatic rings. The van der Waals surface area contributed by atoms with Gasteiger partial charge >= 0.3 is 0 Å². The van der Waals surface area contributed by atoms with Gasteiger partial charge in [0.15, 0.2) is 0 Å². The molecule has 29 heavy (non-hydrogen) atoms.